The number of carbonyl (C=O) groups excluding carboxylic acids is 1. The monoisotopic (exact) mass is 252 g/mol. The molecule has 0 aromatic rings. The van der Waals surface area contributed by atoms with Crippen molar-refractivity contribution in [3.63, 3.8) is 0 Å². The summed E-state index contributed by atoms with van der Waals surface area (Å²) in [5.41, 5.74) is -0.588. The lowest BCUT2D eigenvalue weighted by atomic mass is 9.67. The minimum absolute atomic E-state index is 0.0814. The first-order chi connectivity index (χ1) is 8.46. The van der Waals surface area contributed by atoms with Gasteiger partial charge in [-0.3, -0.25) is 4.79 Å². The molecule has 0 saturated heterocycles. The van der Waals surface area contributed by atoms with E-state index in [1.807, 2.05) is 0 Å². The first kappa shape index (κ1) is 14.0. The molecule has 0 heterocycles. The highest BCUT2D eigenvalue weighted by molar-refractivity contribution is 5.89. The highest BCUT2D eigenvalue weighted by Crippen LogP contribution is 2.44. The van der Waals surface area contributed by atoms with E-state index in [4.69, 9.17) is 4.74 Å². The summed E-state index contributed by atoms with van der Waals surface area (Å²) >= 11 is 0. The standard InChI is InChI=1S/C16H28O2/c1-15(2,3)16(12-8-7-11-14(16)17)18-13-9-5-4-6-10-13/h13H,4-12H2,1-3H3. The van der Waals surface area contributed by atoms with Crippen LogP contribution < -0.4 is 0 Å². The van der Waals surface area contributed by atoms with Gasteiger partial charge in [-0.15, -0.1) is 0 Å². The van der Waals surface area contributed by atoms with Crippen LogP contribution in [0.1, 0.15) is 78.6 Å². The van der Waals surface area contributed by atoms with Gasteiger partial charge in [0.25, 0.3) is 0 Å². The van der Waals surface area contributed by atoms with Crippen LogP contribution >= 0.6 is 0 Å². The number of Topliss-reactive ketones (excluding diaryl/α,β-unsaturated/α-hetero) is 1. The van der Waals surface area contributed by atoms with Crippen LogP contribution in [-0.4, -0.2) is 17.5 Å². The lowest BCUT2D eigenvalue weighted by molar-refractivity contribution is -0.186. The Kier molecular flexibility index (Phi) is 4.15. The van der Waals surface area contributed by atoms with Crippen LogP contribution in [0, 0.1) is 5.41 Å². The molecule has 2 heteroatoms. The van der Waals surface area contributed by atoms with Crippen molar-refractivity contribution in [2.24, 2.45) is 5.41 Å². The van der Waals surface area contributed by atoms with Gasteiger partial charge in [-0.1, -0.05) is 40.0 Å². The number of hydrogen-bond acceptors (Lipinski definition) is 2. The zero-order chi connectivity index (χ0) is 13.2. The lowest BCUT2D eigenvalue weighted by Crippen LogP contribution is -2.55. The van der Waals surface area contributed by atoms with Gasteiger partial charge in [0.15, 0.2) is 5.78 Å². The molecule has 2 fully saturated rings. The fourth-order valence-electron chi connectivity index (χ4n) is 3.56. The average Bonchev–Trinajstić information content (AvgIpc) is 2.32. The van der Waals surface area contributed by atoms with Gasteiger partial charge in [0.1, 0.15) is 5.60 Å². The second-order valence-corrected chi connectivity index (χ2v) is 7.09. The molecule has 0 N–H and O–H groups in total. The van der Waals surface area contributed by atoms with E-state index in [9.17, 15) is 4.79 Å². The summed E-state index contributed by atoms with van der Waals surface area (Å²) < 4.78 is 6.45. The molecule has 1 unspecified atom stereocenters. The SMILES string of the molecule is CC(C)(C)C1(OC2CCCCC2)CCCCC1=O. The predicted molar refractivity (Wildman–Crippen MR) is 73.6 cm³/mol. The van der Waals surface area contributed by atoms with E-state index in [2.05, 4.69) is 20.8 Å². The maximum atomic E-state index is 12.5. The number of ether oxygens (including phenoxy) is 1. The second kappa shape index (κ2) is 5.32. The third kappa shape index (κ3) is 2.64. The van der Waals surface area contributed by atoms with E-state index in [1.54, 1.807) is 0 Å². The van der Waals surface area contributed by atoms with Crippen molar-refractivity contribution in [2.75, 3.05) is 0 Å². The molecule has 104 valence electrons. The van der Waals surface area contributed by atoms with E-state index in [0.717, 1.165) is 32.1 Å². The van der Waals surface area contributed by atoms with Crippen LogP contribution in [0.15, 0.2) is 0 Å². The maximum Gasteiger partial charge on any atom is 0.165 e. The first-order valence-corrected chi connectivity index (χ1v) is 7.67. The Morgan fingerprint density at radius 2 is 1.72 bits per heavy atom. The minimum atomic E-state index is -0.507. The summed E-state index contributed by atoms with van der Waals surface area (Å²) in [7, 11) is 0. The fourth-order valence-corrected chi connectivity index (χ4v) is 3.56. The van der Waals surface area contributed by atoms with Crippen LogP contribution in [0.3, 0.4) is 0 Å². The van der Waals surface area contributed by atoms with Gasteiger partial charge >= 0.3 is 0 Å². The van der Waals surface area contributed by atoms with Crippen molar-refractivity contribution in [1.82, 2.24) is 0 Å². The van der Waals surface area contributed by atoms with Gasteiger partial charge in [-0.05, 0) is 37.5 Å². The maximum absolute atomic E-state index is 12.5. The van der Waals surface area contributed by atoms with Crippen molar-refractivity contribution in [3.8, 4) is 0 Å². The van der Waals surface area contributed by atoms with E-state index in [-0.39, 0.29) is 5.41 Å². The molecule has 0 aromatic carbocycles. The highest BCUT2D eigenvalue weighted by Gasteiger charge is 2.51. The number of carbonyl (C=O) groups is 1. The molecule has 0 spiro atoms. The highest BCUT2D eigenvalue weighted by atomic mass is 16.5. The Morgan fingerprint density at radius 1 is 1.06 bits per heavy atom. The summed E-state index contributed by atoms with van der Waals surface area (Å²) in [6.07, 6.45) is 10.3. The van der Waals surface area contributed by atoms with E-state index in [1.165, 1.54) is 19.3 Å². The molecule has 0 amide bonds. The Labute approximate surface area is 111 Å². The molecule has 2 rings (SSSR count). The Hall–Kier alpha value is -0.370. The topological polar surface area (TPSA) is 26.3 Å². The number of ketones is 1. The van der Waals surface area contributed by atoms with Crippen molar-refractivity contribution in [1.29, 1.82) is 0 Å². The van der Waals surface area contributed by atoms with Gasteiger partial charge in [0.05, 0.1) is 6.10 Å². The zero-order valence-electron chi connectivity index (χ0n) is 12.3. The van der Waals surface area contributed by atoms with E-state index in [0.29, 0.717) is 18.3 Å². The fraction of sp³-hybridized carbons (Fsp3) is 0.938. The third-order valence-corrected chi connectivity index (χ3v) is 4.76. The van der Waals surface area contributed by atoms with Crippen molar-refractivity contribution < 1.29 is 9.53 Å². The molecular weight excluding hydrogens is 224 g/mol. The van der Waals surface area contributed by atoms with Gasteiger partial charge in [-0.2, -0.15) is 0 Å². The van der Waals surface area contributed by atoms with Gasteiger partial charge < -0.3 is 4.74 Å². The molecule has 2 aliphatic carbocycles. The van der Waals surface area contributed by atoms with Crippen molar-refractivity contribution in [3.05, 3.63) is 0 Å². The van der Waals surface area contributed by atoms with E-state index >= 15 is 0 Å². The quantitative estimate of drug-likeness (QED) is 0.734. The molecule has 0 radical (unpaired) electrons. The summed E-state index contributed by atoms with van der Waals surface area (Å²) in [5, 5.41) is 0. The summed E-state index contributed by atoms with van der Waals surface area (Å²) in [6, 6.07) is 0. The molecule has 0 bridgehead atoms. The molecule has 0 aromatic heterocycles. The third-order valence-electron chi connectivity index (χ3n) is 4.76. The van der Waals surface area contributed by atoms with Crippen LogP contribution in [0.25, 0.3) is 0 Å². The van der Waals surface area contributed by atoms with Crippen LogP contribution in [0.4, 0.5) is 0 Å². The largest absolute Gasteiger partial charge is 0.363 e. The van der Waals surface area contributed by atoms with Gasteiger partial charge in [0.2, 0.25) is 0 Å². The molecule has 2 nitrogen and oxygen atoms in total. The Balaban J connectivity index is 2.16. The zero-order valence-corrected chi connectivity index (χ0v) is 12.3. The predicted octanol–water partition coefficient (Wildman–Crippen LogP) is 4.26. The van der Waals surface area contributed by atoms with Gasteiger partial charge in [0, 0.05) is 6.42 Å². The summed E-state index contributed by atoms with van der Waals surface area (Å²) in [6.45, 7) is 6.50. The smallest absolute Gasteiger partial charge is 0.165 e. The Bertz CT molecular complexity index is 297. The van der Waals surface area contributed by atoms with Crippen molar-refractivity contribution >= 4 is 5.78 Å². The Morgan fingerprint density at radius 3 is 2.28 bits per heavy atom. The van der Waals surface area contributed by atoms with Crippen molar-refractivity contribution in [2.45, 2.75) is 90.3 Å². The van der Waals surface area contributed by atoms with Gasteiger partial charge in [-0.25, -0.2) is 0 Å². The molecule has 1 atom stereocenters. The molecule has 2 saturated carbocycles. The lowest BCUT2D eigenvalue weighted by Gasteiger charge is -2.48. The summed E-state index contributed by atoms with van der Waals surface area (Å²) in [5.74, 6) is 0.354. The van der Waals surface area contributed by atoms with Crippen LogP contribution in [0.2, 0.25) is 0 Å². The minimum Gasteiger partial charge on any atom is -0.363 e. The summed E-state index contributed by atoms with van der Waals surface area (Å²) in [4.78, 5) is 12.5. The molecule has 0 aliphatic heterocycles. The van der Waals surface area contributed by atoms with E-state index < -0.39 is 5.60 Å². The van der Waals surface area contributed by atoms with Crippen LogP contribution in [0.5, 0.6) is 0 Å². The second-order valence-electron chi connectivity index (χ2n) is 7.09. The molecule has 18 heavy (non-hydrogen) atoms. The molecule has 2 aliphatic rings. The van der Waals surface area contributed by atoms with Crippen LogP contribution in [-0.2, 0) is 9.53 Å². The average molecular weight is 252 g/mol. The normalized spacial score (nSPS) is 31.6. The molecular formula is C16H28O2. The number of hydrogen-bond donors (Lipinski definition) is 0. The number of rotatable bonds is 2. The first-order valence-electron chi connectivity index (χ1n) is 7.67.